The van der Waals surface area contributed by atoms with Crippen molar-refractivity contribution in [1.82, 2.24) is 0 Å². The first-order valence-electron chi connectivity index (χ1n) is 3.07. The van der Waals surface area contributed by atoms with Crippen LogP contribution in [0, 0.1) is 5.92 Å². The van der Waals surface area contributed by atoms with E-state index < -0.39 is 23.9 Å². The fraction of sp³-hybridized carbons (Fsp3) is 0.833. The summed E-state index contributed by atoms with van der Waals surface area (Å²) in [4.78, 5) is 10.2. The number of alkyl halides is 2. The number of carboxylic acid groups (broad SMARTS) is 1. The highest BCUT2D eigenvalue weighted by Gasteiger charge is 2.48. The summed E-state index contributed by atoms with van der Waals surface area (Å²) >= 11 is 0. The summed E-state index contributed by atoms with van der Waals surface area (Å²) in [5, 5.41) is 17.1. The lowest BCUT2D eigenvalue weighted by molar-refractivity contribution is -0.185. The van der Waals surface area contributed by atoms with E-state index in [1.54, 1.807) is 0 Å². The van der Waals surface area contributed by atoms with Crippen LogP contribution in [0.2, 0.25) is 0 Å². The smallest absolute Gasteiger partial charge is 0.342 e. The van der Waals surface area contributed by atoms with Crippen molar-refractivity contribution in [3.63, 3.8) is 0 Å². The van der Waals surface area contributed by atoms with Gasteiger partial charge in [0.15, 0.2) is 0 Å². The Hall–Kier alpha value is -0.710. The van der Waals surface area contributed by atoms with Crippen molar-refractivity contribution in [3.8, 4) is 0 Å². The number of hydrogen-bond donors (Lipinski definition) is 2. The standard InChI is InChI=1S/C6H10F2O3/c1-3(2)6(11,4(7)8)5(9)10/h3-4,11H,1-2H3,(H,9,10). The lowest BCUT2D eigenvalue weighted by Crippen LogP contribution is -2.50. The third-order valence-electron chi connectivity index (χ3n) is 1.56. The maximum absolute atomic E-state index is 12.0. The van der Waals surface area contributed by atoms with Crippen molar-refractivity contribution in [2.24, 2.45) is 5.92 Å². The number of carbonyl (C=O) groups is 1. The average molecular weight is 168 g/mol. The van der Waals surface area contributed by atoms with Gasteiger partial charge in [-0.3, -0.25) is 0 Å². The van der Waals surface area contributed by atoms with Crippen molar-refractivity contribution >= 4 is 5.97 Å². The Balaban J connectivity index is 4.67. The molecule has 0 saturated heterocycles. The molecule has 0 spiro atoms. The molecule has 1 atom stereocenters. The Bertz CT molecular complexity index is 148. The molecular weight excluding hydrogens is 158 g/mol. The molecule has 0 aliphatic heterocycles. The van der Waals surface area contributed by atoms with E-state index in [0.29, 0.717) is 0 Å². The van der Waals surface area contributed by atoms with Gasteiger partial charge in [-0.05, 0) is 5.92 Å². The van der Waals surface area contributed by atoms with Gasteiger partial charge >= 0.3 is 5.97 Å². The molecule has 11 heavy (non-hydrogen) atoms. The molecule has 0 fully saturated rings. The predicted octanol–water partition coefficient (Wildman–Crippen LogP) is 0.723. The van der Waals surface area contributed by atoms with Crippen molar-refractivity contribution in [1.29, 1.82) is 0 Å². The maximum atomic E-state index is 12.0. The molecule has 0 amide bonds. The molecule has 0 aromatic rings. The first-order chi connectivity index (χ1) is 4.83. The molecule has 2 N–H and O–H groups in total. The molecule has 0 aliphatic carbocycles. The largest absolute Gasteiger partial charge is 0.479 e. The summed E-state index contributed by atoms with van der Waals surface area (Å²) in [6, 6.07) is 0. The maximum Gasteiger partial charge on any atom is 0.342 e. The second-order valence-electron chi connectivity index (χ2n) is 2.59. The van der Waals surface area contributed by atoms with E-state index in [2.05, 4.69) is 0 Å². The average Bonchev–Trinajstić information content (AvgIpc) is 1.84. The molecule has 66 valence electrons. The number of hydrogen-bond acceptors (Lipinski definition) is 2. The first-order valence-corrected chi connectivity index (χ1v) is 3.07. The molecule has 0 radical (unpaired) electrons. The van der Waals surface area contributed by atoms with Crippen molar-refractivity contribution in [3.05, 3.63) is 0 Å². The predicted molar refractivity (Wildman–Crippen MR) is 33.4 cm³/mol. The first kappa shape index (κ1) is 10.3. The van der Waals surface area contributed by atoms with Gasteiger partial charge in [-0.15, -0.1) is 0 Å². The molecule has 0 bridgehead atoms. The minimum Gasteiger partial charge on any atom is -0.479 e. The molecular formula is C6H10F2O3. The van der Waals surface area contributed by atoms with Crippen LogP contribution in [0.3, 0.4) is 0 Å². The third kappa shape index (κ3) is 1.65. The highest BCUT2D eigenvalue weighted by atomic mass is 19.3. The van der Waals surface area contributed by atoms with Gasteiger partial charge in [0.2, 0.25) is 5.60 Å². The number of aliphatic carboxylic acids is 1. The molecule has 0 aromatic carbocycles. The molecule has 0 aliphatic rings. The van der Waals surface area contributed by atoms with Crippen LogP contribution < -0.4 is 0 Å². The number of halogens is 2. The van der Waals surface area contributed by atoms with Crippen molar-refractivity contribution in [2.45, 2.75) is 25.9 Å². The van der Waals surface area contributed by atoms with E-state index in [0.717, 1.165) is 0 Å². The monoisotopic (exact) mass is 168 g/mol. The van der Waals surface area contributed by atoms with Crippen LogP contribution in [0.1, 0.15) is 13.8 Å². The summed E-state index contributed by atoms with van der Waals surface area (Å²) in [7, 11) is 0. The molecule has 0 rings (SSSR count). The minimum atomic E-state index is -3.26. The Morgan fingerprint density at radius 1 is 1.45 bits per heavy atom. The van der Waals surface area contributed by atoms with Crippen LogP contribution in [0.5, 0.6) is 0 Å². The zero-order valence-corrected chi connectivity index (χ0v) is 6.21. The second-order valence-corrected chi connectivity index (χ2v) is 2.59. The number of rotatable bonds is 3. The van der Waals surface area contributed by atoms with Crippen molar-refractivity contribution < 1.29 is 23.8 Å². The van der Waals surface area contributed by atoms with Gasteiger partial charge in [0.05, 0.1) is 0 Å². The Morgan fingerprint density at radius 3 is 1.82 bits per heavy atom. The highest BCUT2D eigenvalue weighted by molar-refractivity contribution is 5.78. The summed E-state index contributed by atoms with van der Waals surface area (Å²) in [5.74, 6) is -2.90. The molecule has 0 aromatic heterocycles. The molecule has 5 heteroatoms. The number of carboxylic acids is 1. The Labute approximate surface area is 62.6 Å². The highest BCUT2D eigenvalue weighted by Crippen LogP contribution is 2.24. The summed E-state index contributed by atoms with van der Waals surface area (Å²) in [6.45, 7) is 2.44. The van der Waals surface area contributed by atoms with Gasteiger partial charge in [0.1, 0.15) is 0 Å². The Kier molecular flexibility index (Phi) is 2.92. The van der Waals surface area contributed by atoms with Gasteiger partial charge < -0.3 is 10.2 Å². The quantitative estimate of drug-likeness (QED) is 0.652. The van der Waals surface area contributed by atoms with E-state index in [-0.39, 0.29) is 0 Å². The molecule has 0 saturated carbocycles. The van der Waals surface area contributed by atoms with Crippen LogP contribution in [-0.4, -0.2) is 28.2 Å². The lowest BCUT2D eigenvalue weighted by Gasteiger charge is -2.25. The van der Waals surface area contributed by atoms with Gasteiger partial charge in [-0.1, -0.05) is 13.8 Å². The molecule has 3 nitrogen and oxygen atoms in total. The molecule has 0 heterocycles. The summed E-state index contributed by atoms with van der Waals surface area (Å²) < 4.78 is 23.9. The van der Waals surface area contributed by atoms with Crippen LogP contribution in [0.25, 0.3) is 0 Å². The van der Waals surface area contributed by atoms with Crippen molar-refractivity contribution in [2.75, 3.05) is 0 Å². The van der Waals surface area contributed by atoms with Gasteiger partial charge in [-0.2, -0.15) is 0 Å². The van der Waals surface area contributed by atoms with E-state index in [1.807, 2.05) is 0 Å². The fourth-order valence-corrected chi connectivity index (χ4v) is 0.592. The second kappa shape index (κ2) is 3.13. The minimum absolute atomic E-state index is 1.01. The normalized spacial score (nSPS) is 17.0. The van der Waals surface area contributed by atoms with E-state index in [9.17, 15) is 13.6 Å². The lowest BCUT2D eigenvalue weighted by atomic mass is 9.91. The third-order valence-corrected chi connectivity index (χ3v) is 1.56. The van der Waals surface area contributed by atoms with E-state index in [1.165, 1.54) is 13.8 Å². The number of aliphatic hydroxyl groups is 1. The van der Waals surface area contributed by atoms with Crippen LogP contribution in [0.15, 0.2) is 0 Å². The molecule has 1 unspecified atom stereocenters. The van der Waals surface area contributed by atoms with E-state index in [4.69, 9.17) is 10.2 Å². The zero-order valence-electron chi connectivity index (χ0n) is 6.21. The van der Waals surface area contributed by atoms with Gasteiger partial charge in [-0.25, -0.2) is 13.6 Å². The van der Waals surface area contributed by atoms with Crippen LogP contribution >= 0.6 is 0 Å². The van der Waals surface area contributed by atoms with E-state index >= 15 is 0 Å². The topological polar surface area (TPSA) is 57.5 Å². The van der Waals surface area contributed by atoms with Gasteiger partial charge in [0.25, 0.3) is 6.43 Å². The summed E-state index contributed by atoms with van der Waals surface area (Å²) in [5.41, 5.74) is -2.92. The Morgan fingerprint density at radius 2 is 1.82 bits per heavy atom. The summed E-state index contributed by atoms with van der Waals surface area (Å²) in [6.07, 6.45) is -3.26. The van der Waals surface area contributed by atoms with Crippen LogP contribution in [0.4, 0.5) is 8.78 Å². The van der Waals surface area contributed by atoms with Crippen LogP contribution in [-0.2, 0) is 4.79 Å². The van der Waals surface area contributed by atoms with Gasteiger partial charge in [0, 0.05) is 0 Å². The SMILES string of the molecule is CC(C)C(O)(C(=O)O)C(F)F. The fourth-order valence-electron chi connectivity index (χ4n) is 0.592. The zero-order chi connectivity index (χ0) is 9.23.